The molecule has 1 heterocycles. The van der Waals surface area contributed by atoms with Gasteiger partial charge in [-0.1, -0.05) is 77.9 Å². The Labute approximate surface area is 203 Å². The summed E-state index contributed by atoms with van der Waals surface area (Å²) in [7, 11) is 0. The van der Waals surface area contributed by atoms with Gasteiger partial charge in [-0.2, -0.15) is 0 Å². The van der Waals surface area contributed by atoms with E-state index >= 15 is 0 Å². The van der Waals surface area contributed by atoms with E-state index in [1.807, 2.05) is 105 Å². The van der Waals surface area contributed by atoms with Crippen LogP contribution in [0.1, 0.15) is 21.5 Å². The maximum absolute atomic E-state index is 13.8. The zero-order chi connectivity index (χ0) is 24.4. The number of benzene rings is 4. The van der Waals surface area contributed by atoms with Crippen molar-refractivity contribution < 1.29 is 4.79 Å². The van der Waals surface area contributed by atoms with Crippen LogP contribution in [0.2, 0.25) is 0 Å². The molecule has 0 bridgehead atoms. The molecular formula is C30H25N3O2. The van der Waals surface area contributed by atoms with Gasteiger partial charge in [-0.3, -0.25) is 14.7 Å². The zero-order valence-corrected chi connectivity index (χ0v) is 19.6. The highest BCUT2D eigenvalue weighted by molar-refractivity contribution is 6.06. The van der Waals surface area contributed by atoms with Gasteiger partial charge >= 0.3 is 0 Å². The lowest BCUT2D eigenvalue weighted by molar-refractivity contribution is 0.102. The molecule has 4 aromatic carbocycles. The maximum Gasteiger partial charge on any atom is 0.279 e. The van der Waals surface area contributed by atoms with E-state index in [1.54, 1.807) is 16.8 Å². The third-order valence-corrected chi connectivity index (χ3v) is 5.97. The van der Waals surface area contributed by atoms with E-state index in [9.17, 15) is 9.59 Å². The van der Waals surface area contributed by atoms with Crippen molar-refractivity contribution in [2.75, 3.05) is 5.32 Å². The molecule has 0 fully saturated rings. The number of carbonyl (C=O) groups is 1. The molecule has 5 aromatic rings. The Morgan fingerprint density at radius 1 is 0.771 bits per heavy atom. The molecule has 35 heavy (non-hydrogen) atoms. The molecule has 0 spiro atoms. The number of H-pyrrole nitrogens is 1. The topological polar surface area (TPSA) is 66.9 Å². The summed E-state index contributed by atoms with van der Waals surface area (Å²) in [5, 5.41) is 6.33. The zero-order valence-electron chi connectivity index (χ0n) is 19.6. The van der Waals surface area contributed by atoms with Crippen molar-refractivity contribution in [2.45, 2.75) is 13.8 Å². The van der Waals surface area contributed by atoms with Gasteiger partial charge < -0.3 is 5.32 Å². The van der Waals surface area contributed by atoms with Crippen molar-refractivity contribution >= 4 is 11.6 Å². The fourth-order valence-electron chi connectivity index (χ4n) is 4.16. The molecule has 2 N–H and O–H groups in total. The number of aromatic nitrogens is 2. The first-order chi connectivity index (χ1) is 17.0. The van der Waals surface area contributed by atoms with E-state index in [2.05, 4.69) is 10.4 Å². The lowest BCUT2D eigenvalue weighted by Crippen LogP contribution is -2.17. The molecule has 0 aliphatic carbocycles. The Morgan fingerprint density at radius 3 is 2.23 bits per heavy atom. The number of carbonyl (C=O) groups excluding carboxylic acids is 1. The quantitative estimate of drug-likeness (QED) is 0.321. The van der Waals surface area contributed by atoms with Crippen LogP contribution in [-0.4, -0.2) is 15.7 Å². The van der Waals surface area contributed by atoms with Gasteiger partial charge in [0.2, 0.25) is 0 Å². The van der Waals surface area contributed by atoms with E-state index in [-0.39, 0.29) is 11.5 Å². The van der Waals surface area contributed by atoms with Crippen molar-refractivity contribution in [3.63, 3.8) is 0 Å². The van der Waals surface area contributed by atoms with E-state index < -0.39 is 0 Å². The molecule has 172 valence electrons. The number of para-hydroxylation sites is 2. The van der Waals surface area contributed by atoms with Crippen LogP contribution in [0.5, 0.6) is 0 Å². The molecule has 1 amide bonds. The van der Waals surface area contributed by atoms with Crippen LogP contribution < -0.4 is 10.9 Å². The predicted molar refractivity (Wildman–Crippen MR) is 141 cm³/mol. The van der Waals surface area contributed by atoms with Crippen LogP contribution in [0.4, 0.5) is 5.69 Å². The van der Waals surface area contributed by atoms with Crippen LogP contribution in [0.15, 0.2) is 108 Å². The first kappa shape index (κ1) is 22.2. The Morgan fingerprint density at radius 2 is 1.49 bits per heavy atom. The highest BCUT2D eigenvalue weighted by atomic mass is 16.1. The van der Waals surface area contributed by atoms with Crippen molar-refractivity contribution in [2.24, 2.45) is 0 Å². The lowest BCUT2D eigenvalue weighted by atomic mass is 9.99. The molecule has 0 saturated carbocycles. The molecule has 0 unspecified atom stereocenters. The maximum atomic E-state index is 13.8. The van der Waals surface area contributed by atoms with Crippen LogP contribution in [0, 0.1) is 13.8 Å². The molecule has 5 nitrogen and oxygen atoms in total. The van der Waals surface area contributed by atoms with Crippen LogP contribution in [0.3, 0.4) is 0 Å². The normalized spacial score (nSPS) is 10.8. The summed E-state index contributed by atoms with van der Waals surface area (Å²) < 4.78 is 1.55. The summed E-state index contributed by atoms with van der Waals surface area (Å²) in [6, 6.07) is 32.3. The first-order valence-corrected chi connectivity index (χ1v) is 11.5. The molecule has 0 atom stereocenters. The third kappa shape index (κ3) is 4.44. The monoisotopic (exact) mass is 459 g/mol. The fourth-order valence-corrected chi connectivity index (χ4v) is 4.16. The third-order valence-electron chi connectivity index (χ3n) is 5.97. The Bertz CT molecular complexity index is 1560. The standard InChI is InChI=1S/C30H25N3O2/c1-20-15-17-22(18-16-20)29(34)31-26-14-7-6-13-25(26)27-28(23-10-8-9-21(2)19-23)32-33(30(27)35)24-11-4-3-5-12-24/h3-19,32H,1-2H3,(H,31,34). The van der Waals surface area contributed by atoms with E-state index in [0.717, 1.165) is 22.4 Å². The fraction of sp³-hybridized carbons (Fsp3) is 0.0667. The second-order valence-corrected chi connectivity index (χ2v) is 8.57. The highest BCUT2D eigenvalue weighted by Crippen LogP contribution is 2.34. The predicted octanol–water partition coefficient (Wildman–Crippen LogP) is 6.37. The van der Waals surface area contributed by atoms with Crippen LogP contribution in [-0.2, 0) is 0 Å². The molecule has 0 aliphatic heterocycles. The van der Waals surface area contributed by atoms with Gasteiger partial charge in [0.1, 0.15) is 0 Å². The molecular weight excluding hydrogens is 434 g/mol. The van der Waals surface area contributed by atoms with Gasteiger partial charge in [0.25, 0.3) is 11.5 Å². The second-order valence-electron chi connectivity index (χ2n) is 8.57. The number of amides is 1. The average Bonchev–Trinajstić information content (AvgIpc) is 3.22. The Balaban J connectivity index is 1.67. The molecule has 0 aliphatic rings. The number of aryl methyl sites for hydroxylation is 2. The van der Waals surface area contributed by atoms with Gasteiger partial charge in [0, 0.05) is 22.4 Å². The van der Waals surface area contributed by atoms with Gasteiger partial charge in [-0.15, -0.1) is 0 Å². The minimum atomic E-state index is -0.228. The van der Waals surface area contributed by atoms with Gasteiger partial charge in [0.05, 0.1) is 16.9 Å². The number of nitrogens with one attached hydrogen (secondary N) is 2. The number of hydrogen-bond acceptors (Lipinski definition) is 2. The van der Waals surface area contributed by atoms with E-state index in [4.69, 9.17) is 0 Å². The summed E-state index contributed by atoms with van der Waals surface area (Å²) in [6.07, 6.45) is 0. The average molecular weight is 460 g/mol. The highest BCUT2D eigenvalue weighted by Gasteiger charge is 2.21. The summed E-state index contributed by atoms with van der Waals surface area (Å²) in [4.78, 5) is 26.8. The molecule has 1 aromatic heterocycles. The van der Waals surface area contributed by atoms with Gasteiger partial charge in [0.15, 0.2) is 0 Å². The van der Waals surface area contributed by atoms with Crippen molar-refractivity contribution in [1.29, 1.82) is 0 Å². The first-order valence-electron chi connectivity index (χ1n) is 11.5. The number of rotatable bonds is 5. The molecule has 5 heteroatoms. The van der Waals surface area contributed by atoms with Crippen molar-refractivity contribution in [3.05, 3.63) is 130 Å². The number of nitrogens with zero attached hydrogens (tertiary/aromatic N) is 1. The number of aromatic amines is 1. The second kappa shape index (κ2) is 9.31. The van der Waals surface area contributed by atoms with Gasteiger partial charge in [-0.05, 0) is 50.2 Å². The summed E-state index contributed by atoms with van der Waals surface area (Å²) >= 11 is 0. The van der Waals surface area contributed by atoms with Crippen molar-refractivity contribution in [1.82, 2.24) is 9.78 Å². The minimum Gasteiger partial charge on any atom is -0.321 e. The summed E-state index contributed by atoms with van der Waals surface area (Å²) in [5.74, 6) is -0.228. The van der Waals surface area contributed by atoms with E-state index in [1.165, 1.54) is 0 Å². The van der Waals surface area contributed by atoms with Crippen LogP contribution >= 0.6 is 0 Å². The van der Waals surface area contributed by atoms with Crippen LogP contribution in [0.25, 0.3) is 28.1 Å². The van der Waals surface area contributed by atoms with Crippen molar-refractivity contribution in [3.8, 4) is 28.1 Å². The largest absolute Gasteiger partial charge is 0.321 e. The molecule has 5 rings (SSSR count). The van der Waals surface area contributed by atoms with Gasteiger partial charge in [-0.25, -0.2) is 4.68 Å². The summed E-state index contributed by atoms with van der Waals surface area (Å²) in [5.41, 5.74) is 6.58. The number of hydrogen-bond donors (Lipinski definition) is 2. The SMILES string of the molecule is Cc1ccc(C(=O)Nc2ccccc2-c2c(-c3cccc(C)c3)[nH]n(-c3ccccc3)c2=O)cc1. The lowest BCUT2D eigenvalue weighted by Gasteiger charge is -2.11. The smallest absolute Gasteiger partial charge is 0.279 e. The molecule has 0 saturated heterocycles. The number of anilines is 1. The minimum absolute atomic E-state index is 0.190. The Kier molecular flexibility index (Phi) is 5.90. The molecule has 0 radical (unpaired) electrons. The Hall–Kier alpha value is -4.64. The van der Waals surface area contributed by atoms with E-state index in [0.29, 0.717) is 28.1 Å². The summed E-state index contributed by atoms with van der Waals surface area (Å²) in [6.45, 7) is 4.00.